The third kappa shape index (κ3) is 6.11. The minimum absolute atomic E-state index is 0.257. The highest BCUT2D eigenvalue weighted by atomic mass is 32.2. The lowest BCUT2D eigenvalue weighted by Gasteiger charge is -2.33. The maximum absolute atomic E-state index is 11.1. The lowest BCUT2D eigenvalue weighted by molar-refractivity contribution is 0.317. The van der Waals surface area contributed by atoms with Crippen molar-refractivity contribution in [3.63, 3.8) is 0 Å². The Kier molecular flexibility index (Phi) is 6.31. The molecule has 0 bridgehead atoms. The second-order valence-corrected chi connectivity index (χ2v) is 8.78. The van der Waals surface area contributed by atoms with Gasteiger partial charge in [-0.15, -0.1) is 0 Å². The summed E-state index contributed by atoms with van der Waals surface area (Å²) in [7, 11) is -2.83. The summed E-state index contributed by atoms with van der Waals surface area (Å²) in [5.41, 5.74) is 6.12. The van der Waals surface area contributed by atoms with Crippen molar-refractivity contribution in [2.24, 2.45) is 11.7 Å². The first kappa shape index (κ1) is 15.3. The van der Waals surface area contributed by atoms with Gasteiger partial charge < -0.3 is 5.73 Å². The Labute approximate surface area is 110 Å². The normalized spacial score (nSPS) is 30.4. The summed E-state index contributed by atoms with van der Waals surface area (Å²) in [5.74, 6) is 1.77. The molecule has 3 atom stereocenters. The third-order valence-corrected chi connectivity index (χ3v) is 6.05. The third-order valence-electron chi connectivity index (χ3n) is 3.43. The van der Waals surface area contributed by atoms with E-state index in [0.717, 1.165) is 12.3 Å². The van der Waals surface area contributed by atoms with Gasteiger partial charge in [0.2, 0.25) is 0 Å². The van der Waals surface area contributed by atoms with Gasteiger partial charge in [0.1, 0.15) is 9.84 Å². The molecule has 1 aliphatic rings. The number of hydrogen-bond acceptors (Lipinski definition) is 4. The van der Waals surface area contributed by atoms with Crippen LogP contribution in [0.2, 0.25) is 0 Å². The van der Waals surface area contributed by atoms with Gasteiger partial charge in [0.25, 0.3) is 0 Å². The van der Waals surface area contributed by atoms with E-state index in [2.05, 4.69) is 6.92 Å². The molecule has 17 heavy (non-hydrogen) atoms. The second-order valence-electron chi connectivity index (χ2n) is 5.17. The Balaban J connectivity index is 2.34. The topological polar surface area (TPSA) is 60.2 Å². The second kappa shape index (κ2) is 7.00. The predicted molar refractivity (Wildman–Crippen MR) is 76.2 cm³/mol. The molecule has 0 aromatic rings. The van der Waals surface area contributed by atoms with Gasteiger partial charge in [0, 0.05) is 23.3 Å². The minimum Gasteiger partial charge on any atom is -0.327 e. The van der Waals surface area contributed by atoms with Crippen LogP contribution in [0.25, 0.3) is 0 Å². The van der Waals surface area contributed by atoms with E-state index in [-0.39, 0.29) is 11.8 Å². The van der Waals surface area contributed by atoms with E-state index < -0.39 is 9.84 Å². The van der Waals surface area contributed by atoms with Gasteiger partial charge in [-0.25, -0.2) is 8.42 Å². The van der Waals surface area contributed by atoms with Crippen molar-refractivity contribution in [1.29, 1.82) is 0 Å². The summed E-state index contributed by atoms with van der Waals surface area (Å²) in [4.78, 5) is 0. The molecule has 0 aliphatic heterocycles. The van der Waals surface area contributed by atoms with Crippen molar-refractivity contribution in [3.05, 3.63) is 0 Å². The molecule has 1 rings (SSSR count). The summed E-state index contributed by atoms with van der Waals surface area (Å²) >= 11 is 1.76. The van der Waals surface area contributed by atoms with Gasteiger partial charge in [0.05, 0.1) is 5.75 Å². The summed E-state index contributed by atoms with van der Waals surface area (Å²) < 4.78 is 22.2. The Hall–Kier alpha value is 0.260. The summed E-state index contributed by atoms with van der Waals surface area (Å²) in [6.45, 7) is 2.22. The SMILES string of the molecule is CCCC1CCC(N)C(SCCS(C)(=O)=O)C1. The van der Waals surface area contributed by atoms with Gasteiger partial charge in [-0.2, -0.15) is 11.8 Å². The van der Waals surface area contributed by atoms with Gasteiger partial charge in [-0.1, -0.05) is 19.8 Å². The molecule has 0 aromatic carbocycles. The van der Waals surface area contributed by atoms with E-state index in [9.17, 15) is 8.42 Å². The lowest BCUT2D eigenvalue weighted by Crippen LogP contribution is -2.38. The monoisotopic (exact) mass is 279 g/mol. The molecule has 3 nitrogen and oxygen atoms in total. The van der Waals surface area contributed by atoms with Crippen molar-refractivity contribution >= 4 is 21.6 Å². The van der Waals surface area contributed by atoms with Crippen molar-refractivity contribution in [1.82, 2.24) is 0 Å². The number of nitrogens with two attached hydrogens (primary N) is 1. The standard InChI is InChI=1S/C12H25NO2S2/c1-3-4-10-5-6-11(13)12(9-10)16-7-8-17(2,14)15/h10-12H,3-9,13H2,1-2H3. The molecule has 1 fully saturated rings. The highest BCUT2D eigenvalue weighted by molar-refractivity contribution is 8.01. The molecule has 0 heterocycles. The van der Waals surface area contributed by atoms with E-state index in [1.807, 2.05) is 0 Å². The van der Waals surface area contributed by atoms with E-state index in [1.165, 1.54) is 31.9 Å². The van der Waals surface area contributed by atoms with Crippen LogP contribution in [0.1, 0.15) is 39.0 Å². The fourth-order valence-electron chi connectivity index (χ4n) is 2.45. The molecule has 0 radical (unpaired) electrons. The van der Waals surface area contributed by atoms with Crippen LogP contribution in [0.15, 0.2) is 0 Å². The van der Waals surface area contributed by atoms with Gasteiger partial charge in [-0.05, 0) is 25.2 Å². The highest BCUT2D eigenvalue weighted by Gasteiger charge is 2.27. The van der Waals surface area contributed by atoms with Gasteiger partial charge >= 0.3 is 0 Å². The van der Waals surface area contributed by atoms with Crippen molar-refractivity contribution in [2.45, 2.75) is 50.3 Å². The molecule has 0 saturated heterocycles. The zero-order valence-electron chi connectivity index (χ0n) is 10.9. The first-order valence-corrected chi connectivity index (χ1v) is 9.58. The average Bonchev–Trinajstić information content (AvgIpc) is 2.21. The van der Waals surface area contributed by atoms with E-state index in [4.69, 9.17) is 5.73 Å². The summed E-state index contributed by atoms with van der Waals surface area (Å²) in [5, 5.41) is 0.460. The zero-order valence-corrected chi connectivity index (χ0v) is 12.5. The Bertz CT molecular complexity index is 316. The first-order chi connectivity index (χ1) is 7.92. The largest absolute Gasteiger partial charge is 0.327 e. The molecule has 3 unspecified atom stereocenters. The molecule has 2 N–H and O–H groups in total. The van der Waals surface area contributed by atoms with Crippen molar-refractivity contribution < 1.29 is 8.42 Å². The number of hydrogen-bond donors (Lipinski definition) is 1. The van der Waals surface area contributed by atoms with Gasteiger partial charge in [0.15, 0.2) is 0 Å². The molecule has 1 aliphatic carbocycles. The maximum atomic E-state index is 11.1. The van der Waals surface area contributed by atoms with Crippen LogP contribution < -0.4 is 5.73 Å². The lowest BCUT2D eigenvalue weighted by atomic mass is 9.83. The van der Waals surface area contributed by atoms with Crippen LogP contribution in [-0.2, 0) is 9.84 Å². The smallest absolute Gasteiger partial charge is 0.148 e. The van der Waals surface area contributed by atoms with Crippen LogP contribution in [0, 0.1) is 5.92 Å². The van der Waals surface area contributed by atoms with Crippen molar-refractivity contribution in [3.8, 4) is 0 Å². The van der Waals surface area contributed by atoms with Crippen LogP contribution in [0.5, 0.6) is 0 Å². The summed E-state index contributed by atoms with van der Waals surface area (Å²) in [6.07, 6.45) is 7.34. The maximum Gasteiger partial charge on any atom is 0.148 e. The Morgan fingerprint density at radius 1 is 1.35 bits per heavy atom. The predicted octanol–water partition coefficient (Wildman–Crippen LogP) is 2.06. The van der Waals surface area contributed by atoms with Crippen LogP contribution >= 0.6 is 11.8 Å². The average molecular weight is 279 g/mol. The van der Waals surface area contributed by atoms with E-state index in [0.29, 0.717) is 11.0 Å². The van der Waals surface area contributed by atoms with Crippen LogP contribution in [-0.4, -0.2) is 37.5 Å². The minimum atomic E-state index is -2.83. The highest BCUT2D eigenvalue weighted by Crippen LogP contribution is 2.33. The molecule has 0 aromatic heterocycles. The molecule has 0 spiro atoms. The Morgan fingerprint density at radius 2 is 2.06 bits per heavy atom. The number of rotatable bonds is 6. The van der Waals surface area contributed by atoms with Crippen LogP contribution in [0.3, 0.4) is 0 Å². The number of thioether (sulfide) groups is 1. The first-order valence-electron chi connectivity index (χ1n) is 6.47. The zero-order chi connectivity index (χ0) is 12.9. The molecule has 1 saturated carbocycles. The molecule has 5 heteroatoms. The Morgan fingerprint density at radius 3 is 2.65 bits per heavy atom. The van der Waals surface area contributed by atoms with Crippen LogP contribution in [0.4, 0.5) is 0 Å². The van der Waals surface area contributed by atoms with E-state index >= 15 is 0 Å². The van der Waals surface area contributed by atoms with Crippen molar-refractivity contribution in [2.75, 3.05) is 17.8 Å². The molecular weight excluding hydrogens is 254 g/mol. The molecular formula is C12H25NO2S2. The van der Waals surface area contributed by atoms with E-state index in [1.54, 1.807) is 11.8 Å². The number of sulfone groups is 1. The fourth-order valence-corrected chi connectivity index (χ4v) is 5.14. The quantitative estimate of drug-likeness (QED) is 0.808. The summed E-state index contributed by atoms with van der Waals surface area (Å²) in [6, 6.07) is 0.257. The molecule has 0 amide bonds. The molecule has 102 valence electrons. The fraction of sp³-hybridized carbons (Fsp3) is 1.00. The van der Waals surface area contributed by atoms with Gasteiger partial charge in [-0.3, -0.25) is 0 Å².